The summed E-state index contributed by atoms with van der Waals surface area (Å²) in [4.78, 5) is 23.8. The van der Waals surface area contributed by atoms with Crippen LogP contribution >= 0.6 is 11.6 Å². The summed E-state index contributed by atoms with van der Waals surface area (Å²) in [5.41, 5.74) is 0.131. The van der Waals surface area contributed by atoms with Gasteiger partial charge < -0.3 is 15.2 Å². The van der Waals surface area contributed by atoms with Crippen molar-refractivity contribution in [3.8, 4) is 0 Å². The third kappa shape index (κ3) is 4.33. The molecule has 1 heterocycles. The predicted octanol–water partition coefficient (Wildman–Crippen LogP) is 2.31. The molecule has 2 aromatic carbocycles. The summed E-state index contributed by atoms with van der Waals surface area (Å²) in [6.45, 7) is 1.23. The maximum Gasteiger partial charge on any atom is 0.337 e. The number of carbonyl (C=O) groups is 2. The van der Waals surface area contributed by atoms with E-state index in [1.165, 1.54) is 46.8 Å². The van der Waals surface area contributed by atoms with Crippen LogP contribution in [0, 0.1) is 0 Å². The van der Waals surface area contributed by atoms with E-state index < -0.39 is 21.9 Å². The van der Waals surface area contributed by atoms with Crippen LogP contribution in [0.5, 0.6) is 0 Å². The maximum absolute atomic E-state index is 12.6. The van der Waals surface area contributed by atoms with Gasteiger partial charge in [0.15, 0.2) is 0 Å². The van der Waals surface area contributed by atoms with Gasteiger partial charge in [0, 0.05) is 23.7 Å². The molecule has 0 spiro atoms. The van der Waals surface area contributed by atoms with Crippen molar-refractivity contribution >= 4 is 39.2 Å². The number of carbonyl (C=O) groups excluding carboxylic acids is 1. The molecule has 2 aromatic rings. The fourth-order valence-corrected chi connectivity index (χ4v) is 4.29. The highest BCUT2D eigenvalue weighted by Crippen LogP contribution is 2.22. The Hall–Kier alpha value is -2.46. The van der Waals surface area contributed by atoms with Gasteiger partial charge in [-0.05, 0) is 42.5 Å². The Morgan fingerprint density at radius 1 is 1.07 bits per heavy atom. The lowest BCUT2D eigenvalue weighted by Gasteiger charge is -2.26. The van der Waals surface area contributed by atoms with Gasteiger partial charge in [0.05, 0.1) is 29.4 Å². The Bertz CT molecular complexity index is 1000. The summed E-state index contributed by atoms with van der Waals surface area (Å²) in [5.74, 6) is -1.80. The van der Waals surface area contributed by atoms with Gasteiger partial charge in [-0.25, -0.2) is 13.2 Å². The number of hydrogen-bond acceptors (Lipinski definition) is 5. The zero-order valence-corrected chi connectivity index (χ0v) is 16.2. The van der Waals surface area contributed by atoms with Crippen LogP contribution in [0.2, 0.25) is 5.02 Å². The van der Waals surface area contributed by atoms with Crippen LogP contribution in [-0.2, 0) is 14.8 Å². The van der Waals surface area contributed by atoms with Crippen molar-refractivity contribution in [1.82, 2.24) is 4.31 Å². The quantitative estimate of drug-likeness (QED) is 0.761. The number of anilines is 1. The summed E-state index contributed by atoms with van der Waals surface area (Å²) in [6.07, 6.45) is 0. The Morgan fingerprint density at radius 2 is 1.71 bits per heavy atom. The maximum atomic E-state index is 12.6. The van der Waals surface area contributed by atoms with Gasteiger partial charge in [-0.1, -0.05) is 11.6 Å². The van der Waals surface area contributed by atoms with Crippen LogP contribution in [0.25, 0.3) is 0 Å². The van der Waals surface area contributed by atoms with Crippen molar-refractivity contribution in [2.75, 3.05) is 31.6 Å². The second-order valence-corrected chi connectivity index (χ2v) is 8.36. The molecule has 28 heavy (non-hydrogen) atoms. The van der Waals surface area contributed by atoms with E-state index >= 15 is 0 Å². The third-order valence-corrected chi connectivity index (χ3v) is 6.33. The molecule has 1 aliphatic rings. The number of halogens is 1. The number of rotatable bonds is 5. The van der Waals surface area contributed by atoms with Crippen LogP contribution in [0.15, 0.2) is 47.4 Å². The van der Waals surface area contributed by atoms with E-state index in [2.05, 4.69) is 5.32 Å². The highest BCUT2D eigenvalue weighted by Gasteiger charge is 2.26. The molecule has 0 radical (unpaired) electrons. The normalized spacial score (nSPS) is 15.2. The minimum atomic E-state index is -3.66. The lowest BCUT2D eigenvalue weighted by atomic mass is 10.1. The van der Waals surface area contributed by atoms with E-state index in [0.29, 0.717) is 13.2 Å². The van der Waals surface area contributed by atoms with E-state index in [9.17, 15) is 23.1 Å². The molecule has 1 fully saturated rings. The Kier molecular flexibility index (Phi) is 5.99. The van der Waals surface area contributed by atoms with Gasteiger partial charge in [-0.15, -0.1) is 0 Å². The molecule has 0 aromatic heterocycles. The first-order valence-corrected chi connectivity index (χ1v) is 10.1. The number of nitrogens with one attached hydrogen (secondary N) is 1. The topological polar surface area (TPSA) is 113 Å². The number of benzene rings is 2. The van der Waals surface area contributed by atoms with E-state index in [4.69, 9.17) is 16.3 Å². The third-order valence-electron chi connectivity index (χ3n) is 4.18. The molecule has 1 amide bonds. The van der Waals surface area contributed by atoms with E-state index in [0.717, 1.165) is 0 Å². The largest absolute Gasteiger partial charge is 0.478 e. The molecule has 3 rings (SSSR count). The van der Waals surface area contributed by atoms with Crippen LogP contribution in [0.1, 0.15) is 20.7 Å². The summed E-state index contributed by atoms with van der Waals surface area (Å²) in [6, 6.07) is 9.53. The first kappa shape index (κ1) is 20.3. The highest BCUT2D eigenvalue weighted by molar-refractivity contribution is 7.89. The Morgan fingerprint density at radius 3 is 2.32 bits per heavy atom. The monoisotopic (exact) mass is 424 g/mol. The fraction of sp³-hybridized carbons (Fsp3) is 0.222. The summed E-state index contributed by atoms with van der Waals surface area (Å²) >= 11 is 5.79. The second kappa shape index (κ2) is 8.27. The van der Waals surface area contributed by atoms with E-state index in [1.807, 2.05) is 0 Å². The van der Waals surface area contributed by atoms with Gasteiger partial charge in [0.25, 0.3) is 5.91 Å². The van der Waals surface area contributed by atoms with Crippen LogP contribution in [0.3, 0.4) is 0 Å². The van der Waals surface area contributed by atoms with Gasteiger partial charge in [0.1, 0.15) is 0 Å². The molecule has 10 heteroatoms. The Labute approximate surface area is 166 Å². The number of carboxylic acid groups (broad SMARTS) is 1. The zero-order chi connectivity index (χ0) is 20.3. The Balaban J connectivity index is 1.78. The second-order valence-electron chi connectivity index (χ2n) is 5.99. The minimum absolute atomic E-state index is 0.0728. The van der Waals surface area contributed by atoms with Crippen molar-refractivity contribution in [1.29, 1.82) is 0 Å². The average molecular weight is 425 g/mol. The lowest BCUT2D eigenvalue weighted by molar-refractivity contribution is 0.0698. The van der Waals surface area contributed by atoms with Gasteiger partial charge in [-0.3, -0.25) is 4.79 Å². The molecule has 1 saturated heterocycles. The lowest BCUT2D eigenvalue weighted by Crippen LogP contribution is -2.40. The number of aromatic carboxylic acids is 1. The summed E-state index contributed by atoms with van der Waals surface area (Å²) in [5, 5.41) is 12.0. The van der Waals surface area contributed by atoms with E-state index in [1.54, 1.807) is 0 Å². The number of sulfonamides is 1. The number of carboxylic acids is 1. The smallest absolute Gasteiger partial charge is 0.337 e. The molecular formula is C18H17ClN2O6S. The molecule has 0 unspecified atom stereocenters. The van der Waals surface area contributed by atoms with Crippen LogP contribution in [-0.4, -0.2) is 56.0 Å². The first-order valence-electron chi connectivity index (χ1n) is 8.31. The summed E-state index contributed by atoms with van der Waals surface area (Å²) < 4.78 is 31.7. The van der Waals surface area contributed by atoms with Crippen molar-refractivity contribution < 1.29 is 27.9 Å². The molecule has 0 bridgehead atoms. The molecule has 1 aliphatic heterocycles. The van der Waals surface area contributed by atoms with E-state index in [-0.39, 0.29) is 39.8 Å². The van der Waals surface area contributed by atoms with Crippen molar-refractivity contribution in [2.24, 2.45) is 0 Å². The number of ether oxygens (including phenoxy) is 1. The molecule has 8 nitrogen and oxygen atoms in total. The number of nitrogens with zero attached hydrogens (tertiary/aromatic N) is 1. The molecule has 0 atom stereocenters. The number of morpholine rings is 1. The SMILES string of the molecule is O=C(Nc1ccc(Cl)cc1C(=O)O)c1ccc(S(=O)(=O)N2CCOCC2)cc1. The molecular weight excluding hydrogens is 408 g/mol. The van der Waals surface area contributed by atoms with Crippen molar-refractivity contribution in [3.63, 3.8) is 0 Å². The van der Waals surface area contributed by atoms with Gasteiger partial charge >= 0.3 is 5.97 Å². The van der Waals surface area contributed by atoms with Crippen LogP contribution < -0.4 is 5.32 Å². The number of hydrogen-bond donors (Lipinski definition) is 2. The first-order chi connectivity index (χ1) is 13.3. The van der Waals surface area contributed by atoms with Crippen molar-refractivity contribution in [2.45, 2.75) is 4.90 Å². The standard InChI is InChI=1S/C18H17ClN2O6S/c19-13-3-6-16(15(11-13)18(23)24)20-17(22)12-1-4-14(5-2-12)28(25,26)21-7-9-27-10-8-21/h1-6,11H,7-10H2,(H,20,22)(H,23,24). The summed E-state index contributed by atoms with van der Waals surface area (Å²) in [7, 11) is -3.66. The highest BCUT2D eigenvalue weighted by atomic mass is 35.5. The van der Waals surface area contributed by atoms with Gasteiger partial charge in [0.2, 0.25) is 10.0 Å². The van der Waals surface area contributed by atoms with Gasteiger partial charge in [-0.2, -0.15) is 4.31 Å². The fourth-order valence-electron chi connectivity index (χ4n) is 2.71. The predicted molar refractivity (Wildman–Crippen MR) is 102 cm³/mol. The zero-order valence-electron chi connectivity index (χ0n) is 14.6. The minimum Gasteiger partial charge on any atom is -0.478 e. The van der Waals surface area contributed by atoms with Crippen molar-refractivity contribution in [3.05, 3.63) is 58.6 Å². The average Bonchev–Trinajstić information content (AvgIpc) is 2.70. The van der Waals surface area contributed by atoms with Crippen LogP contribution in [0.4, 0.5) is 5.69 Å². The molecule has 2 N–H and O–H groups in total. The number of amides is 1. The molecule has 0 aliphatic carbocycles. The molecule has 0 saturated carbocycles. The molecule has 148 valence electrons.